The smallest absolute Gasteiger partial charge is 0.141 e. The Balaban J connectivity index is 1.98. The van der Waals surface area contributed by atoms with Crippen LogP contribution in [0.4, 0.5) is 5.69 Å². The first-order valence-corrected chi connectivity index (χ1v) is 6.94. The van der Waals surface area contributed by atoms with Crippen LogP contribution in [0.2, 0.25) is 0 Å². The van der Waals surface area contributed by atoms with E-state index in [0.717, 1.165) is 31.1 Å². The summed E-state index contributed by atoms with van der Waals surface area (Å²) in [4.78, 5) is 6.57. The van der Waals surface area contributed by atoms with E-state index >= 15 is 0 Å². The van der Waals surface area contributed by atoms with Crippen LogP contribution in [-0.2, 0) is 19.6 Å². The van der Waals surface area contributed by atoms with Gasteiger partial charge in [0, 0.05) is 18.8 Å². The van der Waals surface area contributed by atoms with Crippen molar-refractivity contribution in [1.29, 1.82) is 0 Å². The Bertz CT molecular complexity index is 547. The summed E-state index contributed by atoms with van der Waals surface area (Å²) in [7, 11) is 2.08. The van der Waals surface area contributed by atoms with Gasteiger partial charge in [-0.1, -0.05) is 26.0 Å². The van der Waals surface area contributed by atoms with Gasteiger partial charge in [-0.15, -0.1) is 0 Å². The molecule has 0 spiro atoms. The number of rotatable bonds is 6. The molecule has 2 N–H and O–H groups in total. The average molecular weight is 273 g/mol. The van der Waals surface area contributed by atoms with Gasteiger partial charge in [0.1, 0.15) is 12.2 Å². The number of aromatic nitrogens is 3. The Morgan fingerprint density at radius 3 is 2.80 bits per heavy atom. The van der Waals surface area contributed by atoms with Gasteiger partial charge in [0.05, 0.1) is 6.54 Å². The predicted octanol–water partition coefficient (Wildman–Crippen LogP) is 2.15. The minimum atomic E-state index is 0.565. The minimum Gasteiger partial charge on any atom is -0.399 e. The fourth-order valence-corrected chi connectivity index (χ4v) is 2.21. The van der Waals surface area contributed by atoms with E-state index in [-0.39, 0.29) is 0 Å². The van der Waals surface area contributed by atoms with Crippen LogP contribution in [0.3, 0.4) is 0 Å². The van der Waals surface area contributed by atoms with E-state index < -0.39 is 0 Å². The van der Waals surface area contributed by atoms with Crippen LogP contribution in [0, 0.1) is 5.92 Å². The molecule has 0 radical (unpaired) electrons. The molecule has 1 heterocycles. The van der Waals surface area contributed by atoms with E-state index in [1.165, 1.54) is 5.56 Å². The summed E-state index contributed by atoms with van der Waals surface area (Å²) >= 11 is 0. The second-order valence-corrected chi connectivity index (χ2v) is 5.67. The number of hydrogen-bond acceptors (Lipinski definition) is 4. The number of benzene rings is 1. The molecule has 0 saturated carbocycles. The van der Waals surface area contributed by atoms with Crippen molar-refractivity contribution in [3.63, 3.8) is 0 Å². The molecule has 2 aromatic rings. The van der Waals surface area contributed by atoms with Crippen LogP contribution in [0.1, 0.15) is 25.2 Å². The number of anilines is 1. The zero-order valence-corrected chi connectivity index (χ0v) is 12.5. The SMILES string of the molecule is CC(C)Cn1ncnc1CN(C)Cc1cccc(N)c1. The zero-order valence-electron chi connectivity index (χ0n) is 12.5. The third-order valence-electron chi connectivity index (χ3n) is 3.05. The van der Waals surface area contributed by atoms with E-state index in [0.29, 0.717) is 5.92 Å². The van der Waals surface area contributed by atoms with Crippen molar-refractivity contribution in [1.82, 2.24) is 19.7 Å². The number of hydrogen-bond donors (Lipinski definition) is 1. The Labute approximate surface area is 120 Å². The van der Waals surface area contributed by atoms with Gasteiger partial charge in [-0.05, 0) is 30.7 Å². The molecule has 20 heavy (non-hydrogen) atoms. The molecule has 5 nitrogen and oxygen atoms in total. The second-order valence-electron chi connectivity index (χ2n) is 5.67. The highest BCUT2D eigenvalue weighted by atomic mass is 15.3. The first-order chi connectivity index (χ1) is 9.54. The van der Waals surface area contributed by atoms with E-state index in [1.807, 2.05) is 22.9 Å². The predicted molar refractivity (Wildman–Crippen MR) is 80.9 cm³/mol. The standard InChI is InChI=1S/C15H23N5/c1-12(2)8-20-15(17-11-18-20)10-19(3)9-13-5-4-6-14(16)7-13/h4-7,11-12H,8-10,16H2,1-3H3. The molecule has 0 saturated heterocycles. The van der Waals surface area contributed by atoms with Gasteiger partial charge < -0.3 is 5.73 Å². The summed E-state index contributed by atoms with van der Waals surface area (Å²) in [6.07, 6.45) is 1.63. The Hall–Kier alpha value is -1.88. The highest BCUT2D eigenvalue weighted by Gasteiger charge is 2.09. The van der Waals surface area contributed by atoms with Crippen molar-refractivity contribution < 1.29 is 0 Å². The molecule has 0 fully saturated rings. The minimum absolute atomic E-state index is 0.565. The third-order valence-corrected chi connectivity index (χ3v) is 3.05. The van der Waals surface area contributed by atoms with Crippen molar-refractivity contribution in [2.45, 2.75) is 33.5 Å². The van der Waals surface area contributed by atoms with Gasteiger partial charge in [-0.2, -0.15) is 5.10 Å². The van der Waals surface area contributed by atoms with Gasteiger partial charge in [0.15, 0.2) is 0 Å². The van der Waals surface area contributed by atoms with Crippen LogP contribution in [0.5, 0.6) is 0 Å². The van der Waals surface area contributed by atoms with Gasteiger partial charge in [0.2, 0.25) is 0 Å². The molecule has 0 bridgehead atoms. The largest absolute Gasteiger partial charge is 0.399 e. The van der Waals surface area contributed by atoms with Gasteiger partial charge in [-0.3, -0.25) is 4.90 Å². The van der Waals surface area contributed by atoms with Crippen molar-refractivity contribution >= 4 is 5.69 Å². The molecule has 108 valence electrons. The molecule has 0 amide bonds. The average Bonchev–Trinajstić information content (AvgIpc) is 2.75. The molecule has 0 unspecified atom stereocenters. The first-order valence-electron chi connectivity index (χ1n) is 6.94. The lowest BCUT2D eigenvalue weighted by Gasteiger charge is -2.17. The maximum atomic E-state index is 5.80. The molecule has 0 aliphatic heterocycles. The Kier molecular flexibility index (Phi) is 4.74. The molecule has 0 aliphatic rings. The molecule has 0 atom stereocenters. The number of nitrogens with zero attached hydrogens (tertiary/aromatic N) is 4. The lowest BCUT2D eigenvalue weighted by Crippen LogP contribution is -2.21. The van der Waals surface area contributed by atoms with E-state index in [9.17, 15) is 0 Å². The van der Waals surface area contributed by atoms with E-state index in [1.54, 1.807) is 6.33 Å². The van der Waals surface area contributed by atoms with Gasteiger partial charge in [-0.25, -0.2) is 9.67 Å². The molecule has 0 aliphatic carbocycles. The number of nitrogen functional groups attached to an aromatic ring is 1. The monoisotopic (exact) mass is 273 g/mol. The molecule has 1 aromatic heterocycles. The molecule has 2 rings (SSSR count). The Morgan fingerprint density at radius 1 is 1.30 bits per heavy atom. The highest BCUT2D eigenvalue weighted by molar-refractivity contribution is 5.40. The van der Waals surface area contributed by atoms with Crippen LogP contribution in [0.25, 0.3) is 0 Å². The Morgan fingerprint density at radius 2 is 2.10 bits per heavy atom. The topological polar surface area (TPSA) is 60.0 Å². The first kappa shape index (κ1) is 14.5. The van der Waals surface area contributed by atoms with E-state index in [2.05, 4.69) is 41.9 Å². The third kappa shape index (κ3) is 4.06. The summed E-state index contributed by atoms with van der Waals surface area (Å²) in [6, 6.07) is 7.99. The fourth-order valence-electron chi connectivity index (χ4n) is 2.21. The van der Waals surface area contributed by atoms with Gasteiger partial charge in [0.25, 0.3) is 0 Å². The second kappa shape index (κ2) is 6.52. The van der Waals surface area contributed by atoms with Crippen LogP contribution >= 0.6 is 0 Å². The summed E-state index contributed by atoms with van der Waals surface area (Å²) in [6.45, 7) is 6.90. The van der Waals surface area contributed by atoms with E-state index in [4.69, 9.17) is 5.73 Å². The van der Waals surface area contributed by atoms with Crippen LogP contribution < -0.4 is 5.73 Å². The summed E-state index contributed by atoms with van der Waals surface area (Å²) in [5.74, 6) is 1.57. The lowest BCUT2D eigenvalue weighted by molar-refractivity contribution is 0.298. The lowest BCUT2D eigenvalue weighted by atomic mass is 10.2. The highest BCUT2D eigenvalue weighted by Crippen LogP contribution is 2.11. The van der Waals surface area contributed by atoms with Crippen molar-refractivity contribution in [3.05, 3.63) is 42.0 Å². The van der Waals surface area contributed by atoms with Crippen molar-refractivity contribution in [2.24, 2.45) is 5.92 Å². The molecule has 5 heteroatoms. The van der Waals surface area contributed by atoms with Crippen molar-refractivity contribution in [3.8, 4) is 0 Å². The summed E-state index contributed by atoms with van der Waals surface area (Å²) in [5, 5.41) is 4.29. The molecular formula is C15H23N5. The molecule has 1 aromatic carbocycles. The zero-order chi connectivity index (χ0) is 14.5. The van der Waals surface area contributed by atoms with Crippen molar-refractivity contribution in [2.75, 3.05) is 12.8 Å². The quantitative estimate of drug-likeness (QED) is 0.819. The number of nitrogens with two attached hydrogens (primary N) is 1. The van der Waals surface area contributed by atoms with Crippen LogP contribution in [0.15, 0.2) is 30.6 Å². The normalized spacial score (nSPS) is 11.4. The summed E-state index contributed by atoms with van der Waals surface area (Å²) in [5.41, 5.74) is 7.82. The maximum absolute atomic E-state index is 5.80. The summed E-state index contributed by atoms with van der Waals surface area (Å²) < 4.78 is 1.99. The fraction of sp³-hybridized carbons (Fsp3) is 0.467. The maximum Gasteiger partial charge on any atom is 0.141 e. The molecular weight excluding hydrogens is 250 g/mol. The van der Waals surface area contributed by atoms with Gasteiger partial charge >= 0.3 is 0 Å². The van der Waals surface area contributed by atoms with Crippen LogP contribution in [-0.4, -0.2) is 26.7 Å².